The molecule has 0 bridgehead atoms. The zero-order valence-electron chi connectivity index (χ0n) is 7.19. The molecule has 0 unspecified atom stereocenters. The van der Waals surface area contributed by atoms with Crippen molar-refractivity contribution in [2.75, 3.05) is 0 Å². The van der Waals surface area contributed by atoms with Crippen LogP contribution in [0.2, 0.25) is 0 Å². The summed E-state index contributed by atoms with van der Waals surface area (Å²) in [7, 11) is -4.14. The van der Waals surface area contributed by atoms with Crippen molar-refractivity contribution >= 4 is 16.2 Å². The molecule has 0 fully saturated rings. The van der Waals surface area contributed by atoms with Crippen LogP contribution in [-0.2, 0) is 10.1 Å². The summed E-state index contributed by atoms with van der Waals surface area (Å²) >= 11 is 0. The molecule has 0 radical (unpaired) electrons. The van der Waals surface area contributed by atoms with Crippen molar-refractivity contribution < 1.29 is 13.0 Å². The van der Waals surface area contributed by atoms with Crippen LogP contribution < -0.4 is 0 Å². The van der Waals surface area contributed by atoms with Gasteiger partial charge in [-0.15, -0.1) is 0 Å². The minimum atomic E-state index is -4.14. The number of rotatable bonds is 2. The van der Waals surface area contributed by atoms with Gasteiger partial charge in [-0.2, -0.15) is 8.42 Å². The van der Waals surface area contributed by atoms with Gasteiger partial charge in [-0.1, -0.05) is 24.8 Å². The molecule has 0 amide bonds. The lowest BCUT2D eigenvalue weighted by Gasteiger charge is -2.03. The van der Waals surface area contributed by atoms with Gasteiger partial charge in [0.2, 0.25) is 0 Å². The van der Waals surface area contributed by atoms with Gasteiger partial charge in [-0.25, -0.2) is 0 Å². The van der Waals surface area contributed by atoms with E-state index in [1.165, 1.54) is 12.1 Å². The second-order valence-electron chi connectivity index (χ2n) is 2.72. The number of hydrogen-bond acceptors (Lipinski definition) is 2. The molecule has 1 rings (SSSR count). The van der Waals surface area contributed by atoms with Crippen molar-refractivity contribution in [3.05, 3.63) is 35.9 Å². The predicted octanol–water partition coefficient (Wildman–Crippen LogP) is 1.88. The Morgan fingerprint density at radius 2 is 2.08 bits per heavy atom. The lowest BCUT2D eigenvalue weighted by molar-refractivity contribution is 0.483. The SMILES string of the molecule is C=Cc1ccc(C)cc1S(=O)(=O)O. The van der Waals surface area contributed by atoms with E-state index in [0.717, 1.165) is 5.56 Å². The zero-order chi connectivity index (χ0) is 10.1. The van der Waals surface area contributed by atoms with E-state index in [2.05, 4.69) is 6.58 Å². The van der Waals surface area contributed by atoms with Crippen LogP contribution in [-0.4, -0.2) is 13.0 Å². The van der Waals surface area contributed by atoms with E-state index in [9.17, 15) is 8.42 Å². The molecule has 0 aromatic heterocycles. The average molecular weight is 198 g/mol. The van der Waals surface area contributed by atoms with Gasteiger partial charge in [0.05, 0.1) is 0 Å². The van der Waals surface area contributed by atoms with Crippen LogP contribution in [0.15, 0.2) is 29.7 Å². The summed E-state index contributed by atoms with van der Waals surface area (Å²) in [5, 5.41) is 0. The molecule has 0 saturated heterocycles. The summed E-state index contributed by atoms with van der Waals surface area (Å²) in [4.78, 5) is -0.0949. The molecule has 0 aliphatic rings. The molecule has 0 aliphatic carbocycles. The topological polar surface area (TPSA) is 54.4 Å². The third-order valence-electron chi connectivity index (χ3n) is 1.67. The van der Waals surface area contributed by atoms with Crippen molar-refractivity contribution in [2.24, 2.45) is 0 Å². The van der Waals surface area contributed by atoms with E-state index in [4.69, 9.17) is 4.55 Å². The maximum Gasteiger partial charge on any atom is 0.295 e. The first-order valence-electron chi connectivity index (χ1n) is 3.65. The molecule has 4 heteroatoms. The van der Waals surface area contributed by atoms with Crippen LogP contribution in [0.5, 0.6) is 0 Å². The largest absolute Gasteiger partial charge is 0.295 e. The first-order valence-corrected chi connectivity index (χ1v) is 5.10. The summed E-state index contributed by atoms with van der Waals surface area (Å²) < 4.78 is 30.6. The lowest BCUT2D eigenvalue weighted by Crippen LogP contribution is -2.00. The average Bonchev–Trinajstić information content (AvgIpc) is 2.03. The monoisotopic (exact) mass is 198 g/mol. The third-order valence-corrected chi connectivity index (χ3v) is 2.58. The van der Waals surface area contributed by atoms with Crippen molar-refractivity contribution in [1.29, 1.82) is 0 Å². The third kappa shape index (κ3) is 2.17. The molecule has 0 saturated carbocycles. The van der Waals surface area contributed by atoms with E-state index < -0.39 is 10.1 Å². The molecule has 1 N–H and O–H groups in total. The Morgan fingerprint density at radius 3 is 2.54 bits per heavy atom. The molecule has 13 heavy (non-hydrogen) atoms. The van der Waals surface area contributed by atoms with E-state index in [1.54, 1.807) is 19.1 Å². The van der Waals surface area contributed by atoms with Crippen molar-refractivity contribution in [2.45, 2.75) is 11.8 Å². The fourth-order valence-corrected chi connectivity index (χ4v) is 1.82. The van der Waals surface area contributed by atoms with Crippen LogP contribution in [0.1, 0.15) is 11.1 Å². The summed E-state index contributed by atoms with van der Waals surface area (Å²) in [5.41, 5.74) is 1.19. The number of aryl methyl sites for hydroxylation is 1. The van der Waals surface area contributed by atoms with Gasteiger partial charge in [0.25, 0.3) is 10.1 Å². The maximum atomic E-state index is 10.9. The Kier molecular flexibility index (Phi) is 2.54. The van der Waals surface area contributed by atoms with Gasteiger partial charge in [0.15, 0.2) is 0 Å². The highest BCUT2D eigenvalue weighted by Crippen LogP contribution is 2.17. The second kappa shape index (κ2) is 3.32. The lowest BCUT2D eigenvalue weighted by atomic mass is 10.1. The normalized spacial score (nSPS) is 11.2. The molecular formula is C9H10O3S. The van der Waals surface area contributed by atoms with Crippen molar-refractivity contribution in [3.8, 4) is 0 Å². The zero-order valence-corrected chi connectivity index (χ0v) is 8.00. The fourth-order valence-electron chi connectivity index (χ4n) is 1.03. The van der Waals surface area contributed by atoms with Gasteiger partial charge >= 0.3 is 0 Å². The Hall–Kier alpha value is -1.13. The predicted molar refractivity (Wildman–Crippen MR) is 51.1 cm³/mol. The van der Waals surface area contributed by atoms with E-state index in [0.29, 0.717) is 5.56 Å². The Labute approximate surface area is 77.5 Å². The Morgan fingerprint density at radius 1 is 1.46 bits per heavy atom. The molecule has 1 aromatic rings. The quantitative estimate of drug-likeness (QED) is 0.738. The first kappa shape index (κ1) is 9.95. The van der Waals surface area contributed by atoms with Gasteiger partial charge in [0.1, 0.15) is 4.90 Å². The first-order chi connectivity index (χ1) is 5.95. The standard InChI is InChI=1S/C9H10O3S/c1-3-8-5-4-7(2)6-9(8)13(10,11)12/h3-6H,1H2,2H3,(H,10,11,12). The highest BCUT2D eigenvalue weighted by atomic mass is 32.2. The summed E-state index contributed by atoms with van der Waals surface area (Å²) in [6.45, 7) is 5.21. The van der Waals surface area contributed by atoms with E-state index in [1.807, 2.05) is 0 Å². The molecule has 1 aromatic carbocycles. The van der Waals surface area contributed by atoms with Crippen LogP contribution in [0.4, 0.5) is 0 Å². The Bertz CT molecular complexity index is 432. The molecule has 0 heterocycles. The van der Waals surface area contributed by atoms with Crippen molar-refractivity contribution in [1.82, 2.24) is 0 Å². The van der Waals surface area contributed by atoms with Gasteiger partial charge < -0.3 is 0 Å². The van der Waals surface area contributed by atoms with Gasteiger partial charge in [-0.05, 0) is 24.1 Å². The van der Waals surface area contributed by atoms with Gasteiger partial charge in [0, 0.05) is 0 Å². The number of benzene rings is 1. The smallest absolute Gasteiger partial charge is 0.282 e. The molecule has 3 nitrogen and oxygen atoms in total. The highest BCUT2D eigenvalue weighted by molar-refractivity contribution is 7.85. The molecular weight excluding hydrogens is 188 g/mol. The van der Waals surface area contributed by atoms with Crippen LogP contribution >= 0.6 is 0 Å². The van der Waals surface area contributed by atoms with Crippen LogP contribution in [0.25, 0.3) is 6.08 Å². The summed E-state index contributed by atoms with van der Waals surface area (Å²) in [6, 6.07) is 4.77. The van der Waals surface area contributed by atoms with Crippen LogP contribution in [0, 0.1) is 6.92 Å². The molecule has 70 valence electrons. The second-order valence-corrected chi connectivity index (χ2v) is 4.11. The minimum Gasteiger partial charge on any atom is -0.282 e. The van der Waals surface area contributed by atoms with Crippen LogP contribution in [0.3, 0.4) is 0 Å². The minimum absolute atomic E-state index is 0.0949. The maximum absolute atomic E-state index is 10.9. The highest BCUT2D eigenvalue weighted by Gasteiger charge is 2.13. The number of hydrogen-bond donors (Lipinski definition) is 1. The van der Waals surface area contributed by atoms with Crippen molar-refractivity contribution in [3.63, 3.8) is 0 Å². The molecule has 0 atom stereocenters. The summed E-state index contributed by atoms with van der Waals surface area (Å²) in [6.07, 6.45) is 1.39. The molecule has 0 spiro atoms. The molecule has 0 aliphatic heterocycles. The fraction of sp³-hybridized carbons (Fsp3) is 0.111. The van der Waals surface area contributed by atoms with Gasteiger partial charge in [-0.3, -0.25) is 4.55 Å². The van der Waals surface area contributed by atoms with E-state index >= 15 is 0 Å². The van der Waals surface area contributed by atoms with E-state index in [-0.39, 0.29) is 4.90 Å². The summed E-state index contributed by atoms with van der Waals surface area (Å²) in [5.74, 6) is 0. The Balaban J connectivity index is 3.50.